The molecule has 2 aromatic carbocycles. The minimum absolute atomic E-state index is 0.223. The molecule has 1 heterocycles. The monoisotopic (exact) mass is 421 g/mol. The van der Waals surface area contributed by atoms with Crippen LogP contribution in [0.2, 0.25) is 0 Å². The highest BCUT2D eigenvalue weighted by molar-refractivity contribution is 6.04. The van der Waals surface area contributed by atoms with E-state index in [2.05, 4.69) is 15.6 Å². The van der Waals surface area contributed by atoms with E-state index in [-0.39, 0.29) is 18.0 Å². The maximum absolute atomic E-state index is 12.6. The van der Waals surface area contributed by atoms with E-state index in [0.29, 0.717) is 24.3 Å². The molecule has 0 aliphatic rings. The molecular formula is C23H27N5O3. The number of benzene rings is 2. The Hall–Kier alpha value is -3.68. The highest BCUT2D eigenvalue weighted by atomic mass is 16.4. The lowest BCUT2D eigenvalue weighted by Gasteiger charge is -2.09. The Morgan fingerprint density at radius 1 is 0.968 bits per heavy atom. The normalized spacial score (nSPS) is 10.7. The summed E-state index contributed by atoms with van der Waals surface area (Å²) in [5.41, 5.74) is 9.27. The van der Waals surface area contributed by atoms with Crippen molar-refractivity contribution in [3.05, 3.63) is 60.4 Å². The second kappa shape index (κ2) is 10.9. The Balaban J connectivity index is 1.51. The summed E-state index contributed by atoms with van der Waals surface area (Å²) < 4.78 is 1.65. The van der Waals surface area contributed by atoms with Crippen LogP contribution in [-0.2, 0) is 11.3 Å². The van der Waals surface area contributed by atoms with E-state index >= 15 is 0 Å². The summed E-state index contributed by atoms with van der Waals surface area (Å²) in [4.78, 5) is 23.1. The minimum Gasteiger partial charge on any atom is -0.481 e. The van der Waals surface area contributed by atoms with Gasteiger partial charge in [-0.2, -0.15) is 0 Å². The summed E-state index contributed by atoms with van der Waals surface area (Å²) in [6, 6.07) is 15.4. The molecule has 162 valence electrons. The van der Waals surface area contributed by atoms with Crippen LogP contribution in [0.4, 0.5) is 11.4 Å². The van der Waals surface area contributed by atoms with E-state index in [0.717, 1.165) is 36.8 Å². The van der Waals surface area contributed by atoms with Crippen LogP contribution in [0.3, 0.4) is 0 Å². The number of rotatable bonds is 11. The maximum Gasteiger partial charge on any atom is 0.303 e. The van der Waals surface area contributed by atoms with Crippen LogP contribution in [0, 0.1) is 0 Å². The van der Waals surface area contributed by atoms with Crippen LogP contribution in [0.1, 0.15) is 49.0 Å². The van der Waals surface area contributed by atoms with E-state index in [4.69, 9.17) is 10.8 Å². The number of aryl methyl sites for hydroxylation is 1. The van der Waals surface area contributed by atoms with Gasteiger partial charge in [-0.1, -0.05) is 60.9 Å². The number of nitrogens with two attached hydrogens (primary N) is 1. The van der Waals surface area contributed by atoms with Crippen molar-refractivity contribution in [3.8, 4) is 11.1 Å². The average molecular weight is 422 g/mol. The molecule has 3 rings (SSSR count). The average Bonchev–Trinajstić information content (AvgIpc) is 3.24. The molecule has 31 heavy (non-hydrogen) atoms. The Labute approximate surface area is 181 Å². The zero-order chi connectivity index (χ0) is 22.1. The predicted molar refractivity (Wildman–Crippen MR) is 120 cm³/mol. The van der Waals surface area contributed by atoms with E-state index in [1.54, 1.807) is 16.9 Å². The first-order valence-electron chi connectivity index (χ1n) is 10.4. The molecule has 0 saturated carbocycles. The maximum atomic E-state index is 12.6. The molecule has 0 saturated heterocycles. The molecule has 8 heteroatoms. The second-order valence-electron chi connectivity index (χ2n) is 7.40. The number of nitrogen functional groups attached to an aromatic ring is 1. The zero-order valence-electron chi connectivity index (χ0n) is 17.3. The summed E-state index contributed by atoms with van der Waals surface area (Å²) >= 11 is 0. The molecular weight excluding hydrogens is 394 g/mol. The Morgan fingerprint density at radius 3 is 2.48 bits per heavy atom. The number of amides is 1. The van der Waals surface area contributed by atoms with Gasteiger partial charge in [-0.25, -0.2) is 0 Å². The van der Waals surface area contributed by atoms with Crippen molar-refractivity contribution in [2.45, 2.75) is 45.1 Å². The Morgan fingerprint density at radius 2 is 1.71 bits per heavy atom. The number of carbonyl (C=O) groups is 2. The smallest absolute Gasteiger partial charge is 0.303 e. The number of anilines is 2. The SMILES string of the molecule is Nc1ccc(-c2ccccc2)cc1NC(=O)c1cn(CCCCCCCC(=O)O)nn1. The predicted octanol–water partition coefficient (Wildman–Crippen LogP) is 4.20. The van der Waals surface area contributed by atoms with Crippen LogP contribution in [0.5, 0.6) is 0 Å². The number of nitrogens with one attached hydrogen (secondary N) is 1. The number of aromatic nitrogens is 3. The molecule has 0 spiro atoms. The first-order chi connectivity index (χ1) is 15.0. The van der Waals surface area contributed by atoms with Crippen molar-refractivity contribution in [2.75, 3.05) is 11.1 Å². The largest absolute Gasteiger partial charge is 0.481 e. The Kier molecular flexibility index (Phi) is 7.75. The van der Waals surface area contributed by atoms with Gasteiger partial charge in [0.15, 0.2) is 5.69 Å². The van der Waals surface area contributed by atoms with Crippen LogP contribution in [-0.4, -0.2) is 32.0 Å². The van der Waals surface area contributed by atoms with Gasteiger partial charge in [0.25, 0.3) is 5.91 Å². The third-order valence-electron chi connectivity index (χ3n) is 4.96. The molecule has 3 aromatic rings. The summed E-state index contributed by atoms with van der Waals surface area (Å²) in [6.45, 7) is 0.658. The molecule has 0 unspecified atom stereocenters. The number of nitrogens with zero attached hydrogens (tertiary/aromatic N) is 3. The molecule has 4 N–H and O–H groups in total. The molecule has 1 aromatic heterocycles. The van der Waals surface area contributed by atoms with Crippen LogP contribution in [0.25, 0.3) is 11.1 Å². The molecule has 8 nitrogen and oxygen atoms in total. The lowest BCUT2D eigenvalue weighted by molar-refractivity contribution is -0.137. The van der Waals surface area contributed by atoms with Crippen molar-refractivity contribution >= 4 is 23.3 Å². The minimum atomic E-state index is -0.748. The van der Waals surface area contributed by atoms with Gasteiger partial charge >= 0.3 is 5.97 Å². The number of carboxylic acids is 1. The van der Waals surface area contributed by atoms with Gasteiger partial charge in [0.05, 0.1) is 17.6 Å². The van der Waals surface area contributed by atoms with Crippen molar-refractivity contribution in [1.29, 1.82) is 0 Å². The van der Waals surface area contributed by atoms with Crippen molar-refractivity contribution in [1.82, 2.24) is 15.0 Å². The molecule has 0 bridgehead atoms. The molecule has 0 radical (unpaired) electrons. The number of unbranched alkanes of at least 4 members (excludes halogenated alkanes) is 4. The van der Waals surface area contributed by atoms with Crippen molar-refractivity contribution in [3.63, 3.8) is 0 Å². The molecule has 0 atom stereocenters. The number of hydrogen-bond donors (Lipinski definition) is 3. The van der Waals surface area contributed by atoms with Gasteiger partial charge in [0, 0.05) is 13.0 Å². The summed E-state index contributed by atoms with van der Waals surface area (Å²) in [7, 11) is 0. The van der Waals surface area contributed by atoms with E-state index in [1.165, 1.54) is 0 Å². The summed E-state index contributed by atoms with van der Waals surface area (Å²) in [5.74, 6) is -1.11. The standard InChI is InChI=1S/C23H27N5O3/c24-19-13-12-18(17-9-5-4-6-10-17)15-20(19)25-23(31)21-16-28(27-26-21)14-8-3-1-2-7-11-22(29)30/h4-6,9-10,12-13,15-16H,1-3,7-8,11,14,24H2,(H,25,31)(H,29,30). The fraction of sp³-hybridized carbons (Fsp3) is 0.304. The molecule has 0 fully saturated rings. The lowest BCUT2D eigenvalue weighted by Crippen LogP contribution is -2.13. The quantitative estimate of drug-likeness (QED) is 0.315. The van der Waals surface area contributed by atoms with Gasteiger partial charge < -0.3 is 16.2 Å². The van der Waals surface area contributed by atoms with Gasteiger partial charge in [-0.15, -0.1) is 5.10 Å². The fourth-order valence-electron chi connectivity index (χ4n) is 3.25. The van der Waals surface area contributed by atoms with Crippen LogP contribution in [0.15, 0.2) is 54.7 Å². The van der Waals surface area contributed by atoms with E-state index in [1.807, 2.05) is 42.5 Å². The topological polar surface area (TPSA) is 123 Å². The molecule has 1 amide bonds. The number of hydrogen-bond acceptors (Lipinski definition) is 5. The van der Waals surface area contributed by atoms with Crippen molar-refractivity contribution < 1.29 is 14.7 Å². The van der Waals surface area contributed by atoms with Gasteiger partial charge in [0.1, 0.15) is 0 Å². The van der Waals surface area contributed by atoms with E-state index in [9.17, 15) is 9.59 Å². The van der Waals surface area contributed by atoms with Gasteiger partial charge in [-0.05, 0) is 36.1 Å². The first kappa shape index (κ1) is 22.0. The van der Waals surface area contributed by atoms with Crippen LogP contribution >= 0.6 is 0 Å². The van der Waals surface area contributed by atoms with Gasteiger partial charge in [0.2, 0.25) is 0 Å². The molecule has 0 aliphatic carbocycles. The van der Waals surface area contributed by atoms with Crippen LogP contribution < -0.4 is 11.1 Å². The number of carboxylic acid groups (broad SMARTS) is 1. The number of aliphatic carboxylic acids is 1. The van der Waals surface area contributed by atoms with Crippen molar-refractivity contribution in [2.24, 2.45) is 0 Å². The second-order valence-corrected chi connectivity index (χ2v) is 7.40. The van der Waals surface area contributed by atoms with Gasteiger partial charge in [-0.3, -0.25) is 14.3 Å². The summed E-state index contributed by atoms with van der Waals surface area (Å²) in [6.07, 6.45) is 6.30. The highest BCUT2D eigenvalue weighted by Crippen LogP contribution is 2.27. The highest BCUT2D eigenvalue weighted by Gasteiger charge is 2.13. The Bertz CT molecular complexity index is 1020. The number of carbonyl (C=O) groups excluding carboxylic acids is 1. The fourth-order valence-corrected chi connectivity index (χ4v) is 3.25. The van der Waals surface area contributed by atoms with E-state index < -0.39 is 5.97 Å². The lowest BCUT2D eigenvalue weighted by atomic mass is 10.0. The first-order valence-corrected chi connectivity index (χ1v) is 10.4. The third kappa shape index (κ3) is 6.67. The third-order valence-corrected chi connectivity index (χ3v) is 4.96. The zero-order valence-corrected chi connectivity index (χ0v) is 17.3. The molecule has 0 aliphatic heterocycles. The summed E-state index contributed by atoms with van der Waals surface area (Å²) in [5, 5.41) is 19.4.